The Bertz CT molecular complexity index is 261. The zero-order chi connectivity index (χ0) is 13.5. The van der Waals surface area contributed by atoms with Gasteiger partial charge < -0.3 is 20.5 Å². The Morgan fingerprint density at radius 2 is 2.28 bits per heavy atom. The predicted octanol–water partition coefficient (Wildman–Crippen LogP) is 0.360. The van der Waals surface area contributed by atoms with E-state index in [1.54, 1.807) is 0 Å². The van der Waals surface area contributed by atoms with Gasteiger partial charge in [-0.05, 0) is 25.2 Å². The van der Waals surface area contributed by atoms with Crippen LogP contribution in [0.4, 0.5) is 0 Å². The number of carbonyl (C=O) groups is 1. The molecule has 0 bridgehead atoms. The number of aliphatic hydroxyl groups excluding tert-OH is 1. The molecule has 0 spiro atoms. The third-order valence-electron chi connectivity index (χ3n) is 3.58. The van der Waals surface area contributed by atoms with Crippen LogP contribution in [0.25, 0.3) is 0 Å². The third kappa shape index (κ3) is 5.33. The van der Waals surface area contributed by atoms with Gasteiger partial charge in [0, 0.05) is 25.7 Å². The van der Waals surface area contributed by atoms with Gasteiger partial charge in [-0.3, -0.25) is 4.79 Å². The molecule has 1 rings (SSSR count). The average molecular weight is 258 g/mol. The standard InChI is InChI=1S/C13H26N2O3/c1-3-12(16)7-10-6-11(14)9-15(8-10)5-4-13(17)18-2/h10-12,16H,3-9,14H2,1-2H3. The maximum Gasteiger partial charge on any atom is 0.306 e. The van der Waals surface area contributed by atoms with Crippen molar-refractivity contribution in [3.05, 3.63) is 0 Å². The minimum Gasteiger partial charge on any atom is -0.469 e. The molecule has 106 valence electrons. The molecule has 0 aromatic carbocycles. The fraction of sp³-hybridized carbons (Fsp3) is 0.923. The Labute approximate surface area is 109 Å². The molecule has 0 amide bonds. The zero-order valence-corrected chi connectivity index (χ0v) is 11.5. The Morgan fingerprint density at radius 1 is 1.56 bits per heavy atom. The molecule has 18 heavy (non-hydrogen) atoms. The molecule has 0 aromatic rings. The molecule has 3 unspecified atom stereocenters. The summed E-state index contributed by atoms with van der Waals surface area (Å²) < 4.78 is 4.64. The summed E-state index contributed by atoms with van der Waals surface area (Å²) in [7, 11) is 1.41. The average Bonchev–Trinajstić information content (AvgIpc) is 2.35. The summed E-state index contributed by atoms with van der Waals surface area (Å²) in [5, 5.41) is 9.71. The summed E-state index contributed by atoms with van der Waals surface area (Å²) in [6.07, 6.45) is 2.73. The Hall–Kier alpha value is -0.650. The van der Waals surface area contributed by atoms with Crippen LogP contribution in [-0.4, -0.2) is 54.9 Å². The number of hydrogen-bond acceptors (Lipinski definition) is 5. The van der Waals surface area contributed by atoms with Crippen LogP contribution >= 0.6 is 0 Å². The van der Waals surface area contributed by atoms with Gasteiger partial charge in [0.25, 0.3) is 0 Å². The summed E-state index contributed by atoms with van der Waals surface area (Å²) in [6.45, 7) is 4.43. The summed E-state index contributed by atoms with van der Waals surface area (Å²) in [5.41, 5.74) is 6.03. The van der Waals surface area contributed by atoms with Crippen molar-refractivity contribution in [3.8, 4) is 0 Å². The topological polar surface area (TPSA) is 75.8 Å². The highest BCUT2D eigenvalue weighted by Crippen LogP contribution is 2.21. The number of nitrogens with two attached hydrogens (primary N) is 1. The Morgan fingerprint density at radius 3 is 2.89 bits per heavy atom. The van der Waals surface area contributed by atoms with Crippen molar-refractivity contribution in [3.63, 3.8) is 0 Å². The second-order valence-electron chi connectivity index (χ2n) is 5.25. The first-order valence-electron chi connectivity index (χ1n) is 6.78. The van der Waals surface area contributed by atoms with Crippen LogP contribution in [0.15, 0.2) is 0 Å². The SMILES string of the molecule is CCC(O)CC1CC(N)CN(CCC(=O)OC)C1. The van der Waals surface area contributed by atoms with E-state index in [1.807, 2.05) is 6.92 Å². The zero-order valence-electron chi connectivity index (χ0n) is 11.5. The lowest BCUT2D eigenvalue weighted by Crippen LogP contribution is -2.48. The quantitative estimate of drug-likeness (QED) is 0.673. The predicted molar refractivity (Wildman–Crippen MR) is 70.1 cm³/mol. The first-order valence-corrected chi connectivity index (χ1v) is 6.78. The minimum atomic E-state index is -0.234. The lowest BCUT2D eigenvalue weighted by atomic mass is 9.89. The van der Waals surface area contributed by atoms with Gasteiger partial charge in [0.1, 0.15) is 0 Å². The summed E-state index contributed by atoms with van der Waals surface area (Å²) in [5.74, 6) is 0.251. The van der Waals surface area contributed by atoms with Crippen LogP contribution in [0, 0.1) is 5.92 Å². The fourth-order valence-corrected chi connectivity index (χ4v) is 2.60. The van der Waals surface area contributed by atoms with Crippen LogP contribution < -0.4 is 5.73 Å². The first kappa shape index (κ1) is 15.4. The molecule has 1 aliphatic rings. The number of esters is 1. The van der Waals surface area contributed by atoms with Crippen molar-refractivity contribution in [2.75, 3.05) is 26.7 Å². The molecule has 0 radical (unpaired) electrons. The molecular formula is C13H26N2O3. The summed E-state index contributed by atoms with van der Waals surface area (Å²) in [4.78, 5) is 13.3. The number of piperidine rings is 1. The van der Waals surface area contributed by atoms with Crippen molar-refractivity contribution in [1.82, 2.24) is 4.90 Å². The van der Waals surface area contributed by atoms with E-state index in [0.717, 1.165) is 32.4 Å². The molecular weight excluding hydrogens is 232 g/mol. The van der Waals surface area contributed by atoms with Crippen LogP contribution in [0.2, 0.25) is 0 Å². The number of hydrogen-bond donors (Lipinski definition) is 2. The van der Waals surface area contributed by atoms with E-state index in [1.165, 1.54) is 7.11 Å². The maximum absolute atomic E-state index is 11.1. The monoisotopic (exact) mass is 258 g/mol. The van der Waals surface area contributed by atoms with Crippen LogP contribution in [0.3, 0.4) is 0 Å². The van der Waals surface area contributed by atoms with E-state index >= 15 is 0 Å². The number of nitrogens with zero attached hydrogens (tertiary/aromatic N) is 1. The lowest BCUT2D eigenvalue weighted by Gasteiger charge is -2.36. The first-order chi connectivity index (χ1) is 8.55. The van der Waals surface area contributed by atoms with E-state index in [2.05, 4.69) is 9.64 Å². The second-order valence-corrected chi connectivity index (χ2v) is 5.25. The van der Waals surface area contributed by atoms with Gasteiger partial charge >= 0.3 is 5.97 Å². The van der Waals surface area contributed by atoms with E-state index in [9.17, 15) is 9.90 Å². The van der Waals surface area contributed by atoms with Gasteiger partial charge in [0.2, 0.25) is 0 Å². The highest BCUT2D eigenvalue weighted by atomic mass is 16.5. The molecule has 3 atom stereocenters. The van der Waals surface area contributed by atoms with Gasteiger partial charge in [-0.1, -0.05) is 6.92 Å². The van der Waals surface area contributed by atoms with Crippen molar-refractivity contribution in [2.45, 2.75) is 44.8 Å². The maximum atomic E-state index is 11.1. The van der Waals surface area contributed by atoms with Gasteiger partial charge in [-0.15, -0.1) is 0 Å². The molecule has 0 aliphatic carbocycles. The van der Waals surface area contributed by atoms with E-state index < -0.39 is 0 Å². The van der Waals surface area contributed by atoms with Crippen molar-refractivity contribution >= 4 is 5.97 Å². The third-order valence-corrected chi connectivity index (χ3v) is 3.58. The number of methoxy groups -OCH3 is 1. The molecule has 5 nitrogen and oxygen atoms in total. The molecule has 0 saturated carbocycles. The van der Waals surface area contributed by atoms with Gasteiger partial charge in [-0.2, -0.15) is 0 Å². The highest BCUT2D eigenvalue weighted by Gasteiger charge is 2.26. The highest BCUT2D eigenvalue weighted by molar-refractivity contribution is 5.69. The van der Waals surface area contributed by atoms with Gasteiger partial charge in [0.05, 0.1) is 19.6 Å². The van der Waals surface area contributed by atoms with E-state index in [-0.39, 0.29) is 18.1 Å². The normalized spacial score (nSPS) is 26.9. The molecule has 1 aliphatic heterocycles. The van der Waals surface area contributed by atoms with Crippen molar-refractivity contribution in [1.29, 1.82) is 0 Å². The summed E-state index contributed by atoms with van der Waals surface area (Å²) in [6, 6.07) is 0.144. The van der Waals surface area contributed by atoms with Gasteiger partial charge in [-0.25, -0.2) is 0 Å². The molecule has 1 saturated heterocycles. The van der Waals surface area contributed by atoms with Crippen molar-refractivity contribution < 1.29 is 14.6 Å². The Kier molecular flexibility index (Phi) is 6.60. The molecule has 0 aromatic heterocycles. The largest absolute Gasteiger partial charge is 0.469 e. The molecule has 1 heterocycles. The van der Waals surface area contributed by atoms with E-state index in [4.69, 9.17) is 5.73 Å². The van der Waals surface area contributed by atoms with Crippen LogP contribution in [0.5, 0.6) is 0 Å². The number of carbonyl (C=O) groups excluding carboxylic acids is 1. The molecule has 1 fully saturated rings. The number of rotatable bonds is 6. The van der Waals surface area contributed by atoms with Gasteiger partial charge in [0.15, 0.2) is 0 Å². The Balaban J connectivity index is 2.37. The second kappa shape index (κ2) is 7.71. The number of likely N-dealkylation sites (tertiary alicyclic amines) is 1. The number of aliphatic hydroxyl groups is 1. The van der Waals surface area contributed by atoms with E-state index in [0.29, 0.717) is 18.9 Å². The lowest BCUT2D eigenvalue weighted by molar-refractivity contribution is -0.141. The fourth-order valence-electron chi connectivity index (χ4n) is 2.60. The van der Waals surface area contributed by atoms with Crippen molar-refractivity contribution in [2.24, 2.45) is 11.7 Å². The smallest absolute Gasteiger partial charge is 0.306 e. The molecule has 3 N–H and O–H groups in total. The molecule has 5 heteroatoms. The number of ether oxygens (including phenoxy) is 1. The summed E-state index contributed by atoms with van der Waals surface area (Å²) >= 11 is 0. The minimum absolute atomic E-state index is 0.144. The van der Waals surface area contributed by atoms with Crippen LogP contribution in [-0.2, 0) is 9.53 Å². The van der Waals surface area contributed by atoms with Crippen LogP contribution in [0.1, 0.15) is 32.6 Å².